The maximum Gasteiger partial charge on any atom is 0.407 e. The van der Waals surface area contributed by atoms with E-state index in [1.807, 2.05) is 0 Å². The fourth-order valence-electron chi connectivity index (χ4n) is 4.88. The van der Waals surface area contributed by atoms with Crippen LogP contribution in [0.3, 0.4) is 0 Å². The van der Waals surface area contributed by atoms with Crippen molar-refractivity contribution in [3.8, 4) is 0 Å². The zero-order chi connectivity index (χ0) is 35.5. The molecule has 17 nitrogen and oxygen atoms in total. The summed E-state index contributed by atoms with van der Waals surface area (Å²) in [6, 6.07) is 4.16. The van der Waals surface area contributed by atoms with Crippen LogP contribution in [0.2, 0.25) is 0 Å². The number of ether oxygens (including phenoxy) is 1. The van der Waals surface area contributed by atoms with Crippen LogP contribution >= 0.6 is 0 Å². The van der Waals surface area contributed by atoms with Crippen LogP contribution in [0, 0.1) is 5.41 Å². The molecule has 18 heteroatoms. The standard InChI is InChI=1S/C30H48N8O9S/c1-2-19-47-30(44)34-17-8-6-13-22(36-25(39)15-7-9-16-33-29(31)32)26(40)35-20-23(28(42)43)37-27(41)24-14-10-18-38(24)48(45,46)21-11-4-3-5-12-21/h2-5,11-12,22-24,28,42-43H,1,6-10,13-20H2,(H,34,44)(H,35,40)(H,36,39)(H,37,41)(H4,31,32,33)/t22-,23-,24-/m0/s1. The summed E-state index contributed by atoms with van der Waals surface area (Å²) >= 11 is 0. The molecule has 10 N–H and O–H groups in total. The smallest absolute Gasteiger partial charge is 0.407 e. The fraction of sp³-hybridized carbons (Fsp3) is 0.567. The summed E-state index contributed by atoms with van der Waals surface area (Å²) in [7, 11) is -3.99. The van der Waals surface area contributed by atoms with Crippen molar-refractivity contribution in [1.82, 2.24) is 30.9 Å². The van der Waals surface area contributed by atoms with E-state index in [0.717, 1.165) is 4.31 Å². The SMILES string of the molecule is C=CCOC(=O)NCCCC[C@H](NC(=O)CCCCNC(=N)N)C(=O)NC[C@H](NC(=O)[C@@H]1CCCN1S(=O)(=O)c1ccccc1)C(O)O. The molecule has 0 spiro atoms. The van der Waals surface area contributed by atoms with Gasteiger partial charge >= 0.3 is 6.09 Å². The highest BCUT2D eigenvalue weighted by Gasteiger charge is 2.40. The number of benzene rings is 1. The molecule has 4 amide bonds. The molecule has 268 valence electrons. The molecule has 0 bridgehead atoms. The molecule has 1 aromatic carbocycles. The minimum atomic E-state index is -3.99. The number of nitrogens with zero attached hydrogens (tertiary/aromatic N) is 1. The number of amides is 4. The van der Waals surface area contributed by atoms with E-state index in [9.17, 15) is 37.8 Å². The normalized spacial score (nSPS) is 15.9. The fourth-order valence-corrected chi connectivity index (χ4v) is 6.56. The van der Waals surface area contributed by atoms with Gasteiger partial charge in [-0.05, 0) is 57.1 Å². The van der Waals surface area contributed by atoms with Crippen molar-refractivity contribution < 1.29 is 42.5 Å². The average Bonchev–Trinajstić information content (AvgIpc) is 3.56. The first-order valence-corrected chi connectivity index (χ1v) is 17.2. The quantitative estimate of drug-likeness (QED) is 0.0247. The van der Waals surface area contributed by atoms with Gasteiger partial charge < -0.3 is 47.3 Å². The Bertz CT molecular complexity index is 1330. The maximum absolute atomic E-state index is 13.2. The molecule has 48 heavy (non-hydrogen) atoms. The van der Waals surface area contributed by atoms with Gasteiger partial charge in [0.2, 0.25) is 27.7 Å². The van der Waals surface area contributed by atoms with Crippen molar-refractivity contribution in [1.29, 1.82) is 5.41 Å². The Morgan fingerprint density at radius 3 is 2.40 bits per heavy atom. The van der Waals surface area contributed by atoms with Crippen molar-refractivity contribution in [2.45, 2.75) is 80.7 Å². The average molecular weight is 697 g/mol. The van der Waals surface area contributed by atoms with Gasteiger partial charge in [-0.3, -0.25) is 19.8 Å². The minimum Gasteiger partial charge on any atom is -0.445 e. The van der Waals surface area contributed by atoms with Gasteiger partial charge in [-0.25, -0.2) is 13.2 Å². The molecule has 0 saturated carbocycles. The van der Waals surface area contributed by atoms with Gasteiger partial charge in [0.05, 0.1) is 10.9 Å². The number of alkyl carbamates (subject to hydrolysis) is 1. The van der Waals surface area contributed by atoms with Gasteiger partial charge in [-0.1, -0.05) is 30.9 Å². The number of unbranched alkanes of at least 4 members (excludes halogenated alkanes) is 2. The van der Waals surface area contributed by atoms with Crippen molar-refractivity contribution >= 4 is 39.8 Å². The first-order chi connectivity index (χ1) is 22.9. The lowest BCUT2D eigenvalue weighted by Gasteiger charge is -2.27. The second-order valence-corrected chi connectivity index (χ2v) is 13.0. The van der Waals surface area contributed by atoms with E-state index in [2.05, 4.69) is 33.2 Å². The Kier molecular flexibility index (Phi) is 17.4. The molecule has 1 fully saturated rings. The lowest BCUT2D eigenvalue weighted by molar-refractivity contribution is -0.132. The predicted molar refractivity (Wildman–Crippen MR) is 176 cm³/mol. The Labute approximate surface area is 280 Å². The second kappa shape index (κ2) is 20.9. The summed E-state index contributed by atoms with van der Waals surface area (Å²) in [5.74, 6) is -1.98. The molecular weight excluding hydrogens is 648 g/mol. The maximum atomic E-state index is 13.2. The summed E-state index contributed by atoms with van der Waals surface area (Å²) in [5.41, 5.74) is 5.25. The number of guanidine groups is 1. The van der Waals surface area contributed by atoms with Crippen LogP contribution in [-0.4, -0.2) is 110 Å². The minimum absolute atomic E-state index is 0.0277. The molecule has 1 aliphatic rings. The molecule has 1 saturated heterocycles. The molecule has 0 radical (unpaired) electrons. The summed E-state index contributed by atoms with van der Waals surface area (Å²) in [5, 5.41) is 40.0. The van der Waals surface area contributed by atoms with Gasteiger partial charge in [-0.2, -0.15) is 4.31 Å². The molecule has 0 aromatic heterocycles. The first kappa shape index (κ1) is 39.9. The lowest BCUT2D eigenvalue weighted by Crippen LogP contribution is -2.56. The van der Waals surface area contributed by atoms with Gasteiger partial charge in [0, 0.05) is 32.6 Å². The summed E-state index contributed by atoms with van der Waals surface area (Å²) in [4.78, 5) is 50.7. The van der Waals surface area contributed by atoms with E-state index >= 15 is 0 Å². The summed E-state index contributed by atoms with van der Waals surface area (Å²) in [6.07, 6.45) is 1.51. The number of hydrogen-bond acceptors (Lipinski definition) is 10. The highest BCUT2D eigenvalue weighted by molar-refractivity contribution is 7.89. The van der Waals surface area contributed by atoms with E-state index in [4.69, 9.17) is 15.9 Å². The van der Waals surface area contributed by atoms with E-state index in [1.54, 1.807) is 18.2 Å². The monoisotopic (exact) mass is 696 g/mol. The third-order valence-electron chi connectivity index (χ3n) is 7.36. The van der Waals surface area contributed by atoms with Crippen LogP contribution in [0.15, 0.2) is 47.9 Å². The van der Waals surface area contributed by atoms with Crippen LogP contribution in [-0.2, 0) is 29.1 Å². The Hall–Kier alpha value is -4.26. The number of hydrogen-bond donors (Lipinski definition) is 9. The lowest BCUT2D eigenvalue weighted by atomic mass is 10.1. The third-order valence-corrected chi connectivity index (χ3v) is 9.28. The van der Waals surface area contributed by atoms with Crippen molar-refractivity contribution in [3.63, 3.8) is 0 Å². The van der Waals surface area contributed by atoms with E-state index < -0.39 is 64.8 Å². The van der Waals surface area contributed by atoms with Gasteiger partial charge in [0.15, 0.2) is 12.2 Å². The third kappa shape index (κ3) is 13.8. The van der Waals surface area contributed by atoms with Crippen LogP contribution in [0.1, 0.15) is 51.4 Å². The number of nitrogens with two attached hydrogens (primary N) is 1. The van der Waals surface area contributed by atoms with Crippen LogP contribution in [0.5, 0.6) is 0 Å². The number of carbonyl (C=O) groups excluding carboxylic acids is 4. The number of aliphatic hydroxyl groups is 2. The number of carbonyl (C=O) groups is 4. The molecule has 3 atom stereocenters. The second-order valence-electron chi connectivity index (χ2n) is 11.1. The Morgan fingerprint density at radius 2 is 1.73 bits per heavy atom. The number of rotatable bonds is 21. The molecular formula is C30H48N8O9S. The van der Waals surface area contributed by atoms with Crippen molar-refractivity contribution in [2.75, 3.05) is 32.8 Å². The van der Waals surface area contributed by atoms with Crippen LogP contribution in [0.4, 0.5) is 4.79 Å². The number of aliphatic hydroxyl groups excluding tert-OH is 1. The zero-order valence-electron chi connectivity index (χ0n) is 26.9. The summed E-state index contributed by atoms with van der Waals surface area (Å²) in [6.45, 7) is 3.85. The predicted octanol–water partition coefficient (Wildman–Crippen LogP) is -1.03. The molecule has 1 aliphatic heterocycles. The highest BCUT2D eigenvalue weighted by Crippen LogP contribution is 2.26. The van der Waals surface area contributed by atoms with Gasteiger partial charge in [0.25, 0.3) is 0 Å². The van der Waals surface area contributed by atoms with Gasteiger partial charge in [0.1, 0.15) is 18.7 Å². The molecule has 1 heterocycles. The van der Waals surface area contributed by atoms with Crippen LogP contribution in [0.25, 0.3) is 0 Å². The largest absolute Gasteiger partial charge is 0.445 e. The molecule has 0 unspecified atom stereocenters. The molecule has 1 aromatic rings. The van der Waals surface area contributed by atoms with Crippen molar-refractivity contribution in [3.05, 3.63) is 43.0 Å². The highest BCUT2D eigenvalue weighted by atomic mass is 32.2. The number of nitrogens with one attached hydrogen (secondary N) is 6. The Balaban J connectivity index is 1.99. The van der Waals surface area contributed by atoms with E-state index in [1.165, 1.54) is 18.2 Å². The van der Waals surface area contributed by atoms with E-state index in [0.29, 0.717) is 38.6 Å². The summed E-state index contributed by atoms with van der Waals surface area (Å²) < 4.78 is 32.3. The Morgan fingerprint density at radius 1 is 1.04 bits per heavy atom. The molecule has 0 aliphatic carbocycles. The topological polar surface area (TPSA) is 265 Å². The van der Waals surface area contributed by atoms with Gasteiger partial charge in [-0.15, -0.1) is 0 Å². The van der Waals surface area contributed by atoms with Crippen molar-refractivity contribution in [2.24, 2.45) is 5.73 Å². The number of sulfonamides is 1. The zero-order valence-corrected chi connectivity index (χ0v) is 27.7. The molecule has 2 rings (SSSR count). The van der Waals surface area contributed by atoms with Crippen LogP contribution < -0.4 is 32.3 Å². The first-order valence-electron chi connectivity index (χ1n) is 15.8. The van der Waals surface area contributed by atoms with E-state index in [-0.39, 0.29) is 49.8 Å².